The van der Waals surface area contributed by atoms with Gasteiger partial charge in [-0.2, -0.15) is 0 Å². The van der Waals surface area contributed by atoms with Gasteiger partial charge in [0.05, 0.1) is 0 Å². The number of aryl methyl sites for hydroxylation is 1. The summed E-state index contributed by atoms with van der Waals surface area (Å²) < 4.78 is 2.04. The van der Waals surface area contributed by atoms with E-state index in [9.17, 15) is 4.79 Å². The average Bonchev–Trinajstić information content (AvgIpc) is 3.34. The van der Waals surface area contributed by atoms with Crippen LogP contribution in [0.25, 0.3) is 5.69 Å². The maximum Gasteiger partial charge on any atom is 0.251 e. The quantitative estimate of drug-likeness (QED) is 0.710. The Hall–Kier alpha value is -3.05. The molecule has 5 heteroatoms. The molecular weight excluding hydrogens is 384 g/mol. The van der Waals surface area contributed by atoms with E-state index >= 15 is 0 Å². The third-order valence-electron chi connectivity index (χ3n) is 6.67. The summed E-state index contributed by atoms with van der Waals surface area (Å²) in [5, 5.41) is 3.29. The molecule has 1 amide bonds. The number of hydrogen-bond donors (Lipinski definition) is 1. The highest BCUT2D eigenvalue weighted by Gasteiger charge is 2.25. The van der Waals surface area contributed by atoms with E-state index < -0.39 is 0 Å². The standard InChI is InChI=1S/C26H30N4O/c1-28-15-17-30(18-16-28)25-6-4-5-20-7-10-22(19-24(20)25)27-26(31)21-8-11-23(12-9-21)29-13-2-3-14-29/h2-6,8-9,11-14,22H,7,10,15-19H2,1H3,(H,27,31). The van der Waals surface area contributed by atoms with Crippen LogP contribution in [0, 0.1) is 0 Å². The summed E-state index contributed by atoms with van der Waals surface area (Å²) in [5.74, 6) is 0.0181. The van der Waals surface area contributed by atoms with Crippen molar-refractivity contribution in [3.63, 3.8) is 0 Å². The van der Waals surface area contributed by atoms with E-state index in [4.69, 9.17) is 0 Å². The maximum atomic E-state index is 12.9. The summed E-state index contributed by atoms with van der Waals surface area (Å²) in [5.41, 5.74) is 6.00. The zero-order valence-corrected chi connectivity index (χ0v) is 18.1. The second-order valence-corrected chi connectivity index (χ2v) is 8.76. The first-order valence-corrected chi connectivity index (χ1v) is 11.3. The van der Waals surface area contributed by atoms with Gasteiger partial charge in [0.15, 0.2) is 0 Å². The predicted molar refractivity (Wildman–Crippen MR) is 125 cm³/mol. The van der Waals surface area contributed by atoms with E-state index in [0.29, 0.717) is 5.56 Å². The number of hydrogen-bond acceptors (Lipinski definition) is 3. The Morgan fingerprint density at radius 2 is 1.68 bits per heavy atom. The number of rotatable bonds is 4. The number of anilines is 1. The van der Waals surface area contributed by atoms with Gasteiger partial charge < -0.3 is 19.7 Å². The second-order valence-electron chi connectivity index (χ2n) is 8.76. The van der Waals surface area contributed by atoms with Gasteiger partial charge in [-0.25, -0.2) is 0 Å². The third-order valence-corrected chi connectivity index (χ3v) is 6.67. The minimum absolute atomic E-state index is 0.0181. The molecule has 1 aliphatic heterocycles. The molecule has 1 aromatic heterocycles. The Morgan fingerprint density at radius 3 is 2.42 bits per heavy atom. The number of benzene rings is 2. The molecule has 1 atom stereocenters. The van der Waals surface area contributed by atoms with E-state index in [0.717, 1.165) is 51.1 Å². The summed E-state index contributed by atoms with van der Waals surface area (Å²) in [7, 11) is 2.19. The topological polar surface area (TPSA) is 40.5 Å². The van der Waals surface area contributed by atoms with Crippen LogP contribution in [0.15, 0.2) is 67.0 Å². The van der Waals surface area contributed by atoms with Crippen LogP contribution in [0.5, 0.6) is 0 Å². The number of carbonyl (C=O) groups is 1. The van der Waals surface area contributed by atoms with Crippen molar-refractivity contribution < 1.29 is 4.79 Å². The molecule has 0 spiro atoms. The molecule has 0 saturated carbocycles. The lowest BCUT2D eigenvalue weighted by atomic mass is 9.86. The fourth-order valence-electron chi connectivity index (χ4n) is 4.80. The van der Waals surface area contributed by atoms with Gasteiger partial charge in [0.25, 0.3) is 5.91 Å². The predicted octanol–water partition coefficient (Wildman–Crippen LogP) is 3.52. The number of fused-ring (bicyclic) bond motifs is 1. The number of piperazine rings is 1. The molecule has 1 N–H and O–H groups in total. The summed E-state index contributed by atoms with van der Waals surface area (Å²) in [6.07, 6.45) is 6.94. The molecule has 5 nitrogen and oxygen atoms in total. The Bertz CT molecular complexity index is 1030. The summed E-state index contributed by atoms with van der Waals surface area (Å²) in [4.78, 5) is 17.8. The van der Waals surface area contributed by atoms with Crippen molar-refractivity contribution in [2.75, 3.05) is 38.1 Å². The molecule has 0 radical (unpaired) electrons. The molecule has 1 unspecified atom stereocenters. The second kappa shape index (κ2) is 8.60. The Morgan fingerprint density at radius 1 is 0.935 bits per heavy atom. The van der Waals surface area contributed by atoms with E-state index in [1.807, 2.05) is 53.4 Å². The molecule has 2 aromatic carbocycles. The Kier molecular flexibility index (Phi) is 5.51. The smallest absolute Gasteiger partial charge is 0.251 e. The molecule has 31 heavy (non-hydrogen) atoms. The average molecular weight is 415 g/mol. The molecule has 1 saturated heterocycles. The van der Waals surface area contributed by atoms with Gasteiger partial charge in [-0.1, -0.05) is 12.1 Å². The van der Waals surface area contributed by atoms with Crippen LogP contribution in [0.3, 0.4) is 0 Å². The fraction of sp³-hybridized carbons (Fsp3) is 0.346. The number of nitrogens with one attached hydrogen (secondary N) is 1. The van der Waals surface area contributed by atoms with Crippen molar-refractivity contribution in [3.8, 4) is 5.69 Å². The van der Waals surface area contributed by atoms with Gasteiger partial charge in [0.2, 0.25) is 0 Å². The molecule has 2 aliphatic rings. The first-order chi connectivity index (χ1) is 15.2. The highest BCUT2D eigenvalue weighted by atomic mass is 16.1. The summed E-state index contributed by atoms with van der Waals surface area (Å²) >= 11 is 0. The van der Waals surface area contributed by atoms with Crippen LogP contribution in [-0.4, -0.2) is 54.6 Å². The zero-order valence-electron chi connectivity index (χ0n) is 18.1. The first kappa shape index (κ1) is 19.9. The van der Waals surface area contributed by atoms with Gasteiger partial charge in [0.1, 0.15) is 0 Å². The van der Waals surface area contributed by atoms with Crippen LogP contribution in [0.1, 0.15) is 27.9 Å². The minimum Gasteiger partial charge on any atom is -0.369 e. The zero-order chi connectivity index (χ0) is 21.2. The molecule has 1 aliphatic carbocycles. The lowest BCUT2D eigenvalue weighted by Crippen LogP contribution is -2.45. The number of amides is 1. The number of likely N-dealkylation sites (N-methyl/N-ethyl adjacent to an activating group) is 1. The monoisotopic (exact) mass is 414 g/mol. The lowest BCUT2D eigenvalue weighted by molar-refractivity contribution is 0.0933. The van der Waals surface area contributed by atoms with Crippen LogP contribution in [0.4, 0.5) is 5.69 Å². The highest BCUT2D eigenvalue weighted by molar-refractivity contribution is 5.94. The van der Waals surface area contributed by atoms with Crippen LogP contribution in [-0.2, 0) is 12.8 Å². The van der Waals surface area contributed by atoms with Crippen molar-refractivity contribution in [2.45, 2.75) is 25.3 Å². The van der Waals surface area contributed by atoms with Gasteiger partial charge in [-0.15, -0.1) is 0 Å². The summed E-state index contributed by atoms with van der Waals surface area (Å²) in [6, 6.07) is 18.7. The molecule has 2 heterocycles. The normalized spacial score (nSPS) is 19.1. The molecule has 0 bridgehead atoms. The van der Waals surface area contributed by atoms with Crippen LogP contribution >= 0.6 is 0 Å². The van der Waals surface area contributed by atoms with Gasteiger partial charge >= 0.3 is 0 Å². The number of carbonyl (C=O) groups excluding carboxylic acids is 1. The highest BCUT2D eigenvalue weighted by Crippen LogP contribution is 2.31. The summed E-state index contributed by atoms with van der Waals surface area (Å²) in [6.45, 7) is 4.33. The SMILES string of the molecule is CN1CCN(c2cccc3c2CC(NC(=O)c2ccc(-n4cccc4)cc2)CC3)CC1. The maximum absolute atomic E-state index is 12.9. The van der Waals surface area contributed by atoms with E-state index in [1.165, 1.54) is 16.8 Å². The van der Waals surface area contributed by atoms with Gasteiger partial charge in [0, 0.05) is 61.6 Å². The fourth-order valence-corrected chi connectivity index (χ4v) is 4.80. The van der Waals surface area contributed by atoms with Crippen LogP contribution < -0.4 is 10.2 Å². The van der Waals surface area contributed by atoms with Gasteiger partial charge in [-0.3, -0.25) is 4.79 Å². The number of nitrogens with zero attached hydrogens (tertiary/aromatic N) is 3. The molecule has 1 fully saturated rings. The van der Waals surface area contributed by atoms with Crippen molar-refractivity contribution in [1.82, 2.24) is 14.8 Å². The van der Waals surface area contributed by atoms with E-state index in [2.05, 4.69) is 40.4 Å². The first-order valence-electron chi connectivity index (χ1n) is 11.3. The van der Waals surface area contributed by atoms with Crippen molar-refractivity contribution in [2.24, 2.45) is 0 Å². The van der Waals surface area contributed by atoms with E-state index in [-0.39, 0.29) is 11.9 Å². The molecule has 5 rings (SSSR count). The third kappa shape index (κ3) is 4.23. The van der Waals surface area contributed by atoms with Gasteiger partial charge in [-0.05, 0) is 79.9 Å². The van der Waals surface area contributed by atoms with Crippen molar-refractivity contribution in [3.05, 3.63) is 83.7 Å². The van der Waals surface area contributed by atoms with Crippen molar-refractivity contribution >= 4 is 11.6 Å². The molecular formula is C26H30N4O. The largest absolute Gasteiger partial charge is 0.369 e. The molecule has 160 valence electrons. The Balaban J connectivity index is 1.28. The number of aromatic nitrogens is 1. The lowest BCUT2D eigenvalue weighted by Gasteiger charge is -2.37. The Labute approximate surface area is 184 Å². The molecule has 3 aromatic rings. The van der Waals surface area contributed by atoms with Crippen LogP contribution in [0.2, 0.25) is 0 Å². The van der Waals surface area contributed by atoms with Crippen molar-refractivity contribution in [1.29, 1.82) is 0 Å². The minimum atomic E-state index is 0.0181. The van der Waals surface area contributed by atoms with E-state index in [1.54, 1.807) is 0 Å².